The van der Waals surface area contributed by atoms with Gasteiger partial charge in [0.05, 0.1) is 22.3 Å². The lowest BCUT2D eigenvalue weighted by Crippen LogP contribution is -2.31. The highest BCUT2D eigenvalue weighted by Crippen LogP contribution is 2.26. The first kappa shape index (κ1) is 20.7. The molecule has 0 bridgehead atoms. The Morgan fingerprint density at radius 1 is 1.23 bits per heavy atom. The van der Waals surface area contributed by atoms with E-state index in [2.05, 4.69) is 10.6 Å². The maximum absolute atomic E-state index is 12.3. The lowest BCUT2D eigenvalue weighted by molar-refractivity contribution is -0.115. The number of hydrogen-bond acceptors (Lipinski definition) is 4. The summed E-state index contributed by atoms with van der Waals surface area (Å²) in [5, 5.41) is 5.43. The fraction of sp³-hybridized carbons (Fsp3) is 0.556. The van der Waals surface area contributed by atoms with Crippen LogP contribution >= 0.6 is 11.6 Å². The molecule has 0 heterocycles. The Morgan fingerprint density at radius 3 is 2.50 bits per heavy atom. The van der Waals surface area contributed by atoms with E-state index < -0.39 is 15.7 Å². The predicted octanol–water partition coefficient (Wildman–Crippen LogP) is 3.16. The molecule has 144 valence electrons. The zero-order valence-electron chi connectivity index (χ0n) is 15.0. The Balaban J connectivity index is 2.04. The molecule has 2 rings (SSSR count). The summed E-state index contributed by atoms with van der Waals surface area (Å²) in [7, 11) is -3.26. The second kappa shape index (κ2) is 8.86. The summed E-state index contributed by atoms with van der Waals surface area (Å²) in [4.78, 5) is 24.5. The van der Waals surface area contributed by atoms with E-state index in [9.17, 15) is 18.0 Å². The van der Waals surface area contributed by atoms with Crippen molar-refractivity contribution in [1.82, 2.24) is 5.32 Å². The number of anilines is 1. The Kier molecular flexibility index (Phi) is 7.06. The van der Waals surface area contributed by atoms with E-state index in [0.29, 0.717) is 17.9 Å². The first-order valence-electron chi connectivity index (χ1n) is 8.81. The second-order valence-corrected chi connectivity index (χ2v) is 9.73. The Morgan fingerprint density at radius 2 is 1.88 bits per heavy atom. The highest BCUT2D eigenvalue weighted by molar-refractivity contribution is 7.92. The highest BCUT2D eigenvalue weighted by atomic mass is 35.5. The van der Waals surface area contributed by atoms with Crippen LogP contribution in [0.5, 0.6) is 0 Å². The second-order valence-electron chi connectivity index (χ2n) is 6.89. The summed E-state index contributed by atoms with van der Waals surface area (Å²) in [6, 6.07) is 4.53. The van der Waals surface area contributed by atoms with Crippen molar-refractivity contribution in [3.8, 4) is 0 Å². The van der Waals surface area contributed by atoms with Crippen LogP contribution in [0.4, 0.5) is 5.69 Å². The van der Waals surface area contributed by atoms with E-state index in [1.54, 1.807) is 6.07 Å². The van der Waals surface area contributed by atoms with Gasteiger partial charge in [0, 0.05) is 17.5 Å². The maximum Gasteiger partial charge on any atom is 0.253 e. The van der Waals surface area contributed by atoms with Crippen LogP contribution in [0.2, 0.25) is 5.02 Å². The van der Waals surface area contributed by atoms with Crippen molar-refractivity contribution in [3.63, 3.8) is 0 Å². The molecule has 0 aromatic heterocycles. The minimum absolute atomic E-state index is 0.0571. The Hall–Kier alpha value is -1.60. The van der Waals surface area contributed by atoms with Gasteiger partial charge in [-0.15, -0.1) is 0 Å². The van der Waals surface area contributed by atoms with E-state index in [-0.39, 0.29) is 40.6 Å². The van der Waals surface area contributed by atoms with Crippen molar-refractivity contribution in [2.75, 3.05) is 11.1 Å². The van der Waals surface area contributed by atoms with Gasteiger partial charge in [-0.25, -0.2) is 8.42 Å². The predicted molar refractivity (Wildman–Crippen MR) is 103 cm³/mol. The van der Waals surface area contributed by atoms with Gasteiger partial charge >= 0.3 is 0 Å². The first-order valence-corrected chi connectivity index (χ1v) is 10.9. The number of carbonyl (C=O) groups excluding carboxylic acids is 2. The van der Waals surface area contributed by atoms with Gasteiger partial charge in [0.25, 0.3) is 5.91 Å². The van der Waals surface area contributed by atoms with Crippen LogP contribution in [0, 0.1) is 0 Å². The molecule has 1 aliphatic rings. The standard InChI is InChI=1S/C18H25ClN2O4S/c1-12(2)20-18(23)15-8-7-13(19)11-16(15)21-17(22)9-10-26(24,25)14-5-3-4-6-14/h7-8,11-12,14H,3-6,9-10H2,1-2H3,(H,20,23)(H,21,22). The molecule has 0 spiro atoms. The minimum Gasteiger partial charge on any atom is -0.350 e. The topological polar surface area (TPSA) is 92.3 Å². The third kappa shape index (κ3) is 5.71. The highest BCUT2D eigenvalue weighted by Gasteiger charge is 2.29. The number of rotatable bonds is 7. The lowest BCUT2D eigenvalue weighted by Gasteiger charge is -2.14. The van der Waals surface area contributed by atoms with Gasteiger partial charge in [-0.05, 0) is 44.9 Å². The van der Waals surface area contributed by atoms with Crippen molar-refractivity contribution in [3.05, 3.63) is 28.8 Å². The molecule has 0 saturated heterocycles. The molecule has 1 aromatic rings. The van der Waals surface area contributed by atoms with Crippen molar-refractivity contribution in [2.45, 2.75) is 57.2 Å². The molecule has 8 heteroatoms. The third-order valence-corrected chi connectivity index (χ3v) is 6.84. The van der Waals surface area contributed by atoms with Crippen LogP contribution in [-0.4, -0.2) is 37.3 Å². The van der Waals surface area contributed by atoms with Gasteiger partial charge in [0.2, 0.25) is 5.91 Å². The summed E-state index contributed by atoms with van der Waals surface area (Å²) in [6.45, 7) is 3.67. The van der Waals surface area contributed by atoms with Gasteiger partial charge in [-0.1, -0.05) is 24.4 Å². The fourth-order valence-electron chi connectivity index (χ4n) is 3.02. The van der Waals surface area contributed by atoms with Gasteiger partial charge in [0.1, 0.15) is 0 Å². The fourth-order valence-corrected chi connectivity index (χ4v) is 5.05. The van der Waals surface area contributed by atoms with Crippen molar-refractivity contribution in [1.29, 1.82) is 0 Å². The molecule has 0 radical (unpaired) electrons. The molecular weight excluding hydrogens is 376 g/mol. The summed E-state index contributed by atoms with van der Waals surface area (Å²) in [6.07, 6.45) is 3.06. The number of halogens is 1. The number of hydrogen-bond donors (Lipinski definition) is 2. The first-order chi connectivity index (χ1) is 12.2. The molecule has 1 aliphatic carbocycles. The van der Waals surface area contributed by atoms with Crippen molar-refractivity contribution < 1.29 is 18.0 Å². The van der Waals surface area contributed by atoms with E-state index in [0.717, 1.165) is 12.8 Å². The Labute approximate surface area is 159 Å². The molecule has 1 fully saturated rings. The Bertz CT molecular complexity index is 771. The molecule has 26 heavy (non-hydrogen) atoms. The number of sulfone groups is 1. The zero-order chi connectivity index (χ0) is 19.3. The van der Waals surface area contributed by atoms with Crippen LogP contribution in [0.25, 0.3) is 0 Å². The van der Waals surface area contributed by atoms with Gasteiger partial charge < -0.3 is 10.6 Å². The van der Waals surface area contributed by atoms with E-state index in [4.69, 9.17) is 11.6 Å². The molecule has 0 unspecified atom stereocenters. The smallest absolute Gasteiger partial charge is 0.253 e. The number of benzene rings is 1. The number of nitrogens with one attached hydrogen (secondary N) is 2. The van der Waals surface area contributed by atoms with E-state index >= 15 is 0 Å². The number of carbonyl (C=O) groups is 2. The molecule has 0 atom stereocenters. The number of amides is 2. The van der Waals surface area contributed by atoms with Crippen LogP contribution in [0.15, 0.2) is 18.2 Å². The van der Waals surface area contributed by atoms with Gasteiger partial charge in [-0.3, -0.25) is 9.59 Å². The normalized spacial score (nSPS) is 15.2. The van der Waals surface area contributed by atoms with E-state index in [1.165, 1.54) is 12.1 Å². The monoisotopic (exact) mass is 400 g/mol. The largest absolute Gasteiger partial charge is 0.350 e. The zero-order valence-corrected chi connectivity index (χ0v) is 16.6. The molecule has 0 aliphatic heterocycles. The average Bonchev–Trinajstić information content (AvgIpc) is 3.08. The summed E-state index contributed by atoms with van der Waals surface area (Å²) in [5.74, 6) is -0.963. The third-order valence-electron chi connectivity index (χ3n) is 4.34. The molecule has 1 saturated carbocycles. The molecular formula is C18H25ClN2O4S. The SMILES string of the molecule is CC(C)NC(=O)c1ccc(Cl)cc1NC(=O)CCS(=O)(=O)C1CCCC1. The average molecular weight is 401 g/mol. The molecule has 2 N–H and O–H groups in total. The quantitative estimate of drug-likeness (QED) is 0.735. The van der Waals surface area contributed by atoms with Crippen molar-refractivity contribution >= 4 is 38.9 Å². The minimum atomic E-state index is -3.26. The lowest BCUT2D eigenvalue weighted by atomic mass is 10.1. The van der Waals surface area contributed by atoms with Crippen molar-refractivity contribution in [2.24, 2.45) is 0 Å². The molecule has 1 aromatic carbocycles. The van der Waals surface area contributed by atoms with Gasteiger partial charge in [0.15, 0.2) is 9.84 Å². The summed E-state index contributed by atoms with van der Waals surface area (Å²) in [5.41, 5.74) is 0.564. The van der Waals surface area contributed by atoms with Gasteiger partial charge in [-0.2, -0.15) is 0 Å². The van der Waals surface area contributed by atoms with Crippen LogP contribution in [-0.2, 0) is 14.6 Å². The van der Waals surface area contributed by atoms with Crippen LogP contribution in [0.3, 0.4) is 0 Å². The van der Waals surface area contributed by atoms with E-state index in [1.807, 2.05) is 13.8 Å². The summed E-state index contributed by atoms with van der Waals surface area (Å²) >= 11 is 5.97. The molecule has 6 nitrogen and oxygen atoms in total. The summed E-state index contributed by atoms with van der Waals surface area (Å²) < 4.78 is 24.6. The van der Waals surface area contributed by atoms with Crippen LogP contribution in [0.1, 0.15) is 56.3 Å². The molecule has 2 amide bonds. The maximum atomic E-state index is 12.3. The van der Waals surface area contributed by atoms with Crippen LogP contribution < -0.4 is 10.6 Å².